The Labute approximate surface area is 197 Å². The normalized spacial score (nSPS) is 25.6. The Morgan fingerprint density at radius 2 is 1.82 bits per heavy atom. The summed E-state index contributed by atoms with van der Waals surface area (Å²) in [7, 11) is -4.27. The number of nitrogens with one attached hydrogen (secondary N) is 2. The number of carbonyl (C=O) groups is 1. The van der Waals surface area contributed by atoms with E-state index in [1.54, 1.807) is 6.92 Å². The van der Waals surface area contributed by atoms with Crippen LogP contribution in [0, 0.1) is 0 Å². The van der Waals surface area contributed by atoms with Crippen molar-refractivity contribution < 1.29 is 14.1 Å². The summed E-state index contributed by atoms with van der Waals surface area (Å²) in [6, 6.07) is -0.587. The fraction of sp³-hybridized carbons (Fsp3) is 0.609. The first-order valence-electron chi connectivity index (χ1n) is 11.8. The molecule has 2 heterocycles. The number of rotatable bonds is 3. The topological polar surface area (TPSA) is 130 Å². The van der Waals surface area contributed by atoms with Crippen molar-refractivity contribution in [2.24, 2.45) is 5.14 Å². The van der Waals surface area contributed by atoms with Crippen LogP contribution in [0.15, 0.2) is 4.34 Å². The van der Waals surface area contributed by atoms with Gasteiger partial charge in [-0.25, -0.2) is 14.0 Å². The Hall–Kier alpha value is -1.88. The lowest BCUT2D eigenvalue weighted by Crippen LogP contribution is -2.57. The number of aromatic nitrogens is 2. The lowest BCUT2D eigenvalue weighted by Gasteiger charge is -2.32. The van der Waals surface area contributed by atoms with Gasteiger partial charge in [-0.2, -0.15) is 0 Å². The maximum Gasteiger partial charge on any atom is 0.330 e. The number of hydrogen-bond acceptors (Lipinski definition) is 6. The van der Waals surface area contributed by atoms with Crippen molar-refractivity contribution in [2.45, 2.75) is 86.5 Å². The summed E-state index contributed by atoms with van der Waals surface area (Å²) in [6.07, 6.45) is 10.7. The zero-order valence-corrected chi connectivity index (χ0v) is 20.8. The van der Waals surface area contributed by atoms with Crippen LogP contribution in [-0.2, 0) is 46.1 Å². The number of thiazole rings is 1. The monoisotopic (exact) mass is 489 g/mol. The highest BCUT2D eigenvalue weighted by Crippen LogP contribution is 2.58. The van der Waals surface area contributed by atoms with Crippen molar-refractivity contribution >= 4 is 32.5 Å². The first kappa shape index (κ1) is 21.6. The molecule has 10 heteroatoms. The third-order valence-electron chi connectivity index (χ3n) is 7.80. The van der Waals surface area contributed by atoms with Gasteiger partial charge in [0.25, 0.3) is 0 Å². The molecule has 0 saturated heterocycles. The Balaban J connectivity index is 1.31. The van der Waals surface area contributed by atoms with Gasteiger partial charge in [0.1, 0.15) is 0 Å². The predicted octanol–water partition coefficient (Wildman–Crippen LogP) is 2.97. The molecule has 8 nitrogen and oxygen atoms in total. The van der Waals surface area contributed by atoms with Crippen molar-refractivity contribution in [3.05, 3.63) is 33.1 Å². The number of hydrogen-bond donors (Lipinski definition) is 4. The Morgan fingerprint density at radius 1 is 1.06 bits per heavy atom. The second kappa shape index (κ2) is 6.62. The third-order valence-corrected chi connectivity index (χ3v) is 12.1. The highest BCUT2D eigenvalue weighted by atomic mass is 32.3. The predicted molar refractivity (Wildman–Crippen MR) is 129 cm³/mol. The van der Waals surface area contributed by atoms with E-state index in [1.165, 1.54) is 19.1 Å². The zero-order chi connectivity index (χ0) is 23.2. The molecule has 2 aromatic heterocycles. The number of urea groups is 1. The summed E-state index contributed by atoms with van der Waals surface area (Å²) < 4.78 is 16.6. The van der Waals surface area contributed by atoms with Crippen molar-refractivity contribution in [3.8, 4) is 0 Å². The van der Waals surface area contributed by atoms with Gasteiger partial charge in [-0.3, -0.25) is 14.8 Å². The van der Waals surface area contributed by atoms with E-state index in [0.717, 1.165) is 83.8 Å². The molecule has 1 saturated carbocycles. The largest absolute Gasteiger partial charge is 0.385 e. The van der Waals surface area contributed by atoms with Crippen LogP contribution in [-0.4, -0.2) is 31.6 Å². The molecule has 1 fully saturated rings. The van der Waals surface area contributed by atoms with E-state index >= 15 is 0 Å². The van der Waals surface area contributed by atoms with Crippen LogP contribution in [0.5, 0.6) is 0 Å². The number of amides is 2. The van der Waals surface area contributed by atoms with E-state index in [4.69, 9.17) is 10.1 Å². The standard InChI is InChI=1S/C23H31N5O3S2/c1-22(30)9-4-7-16-19(22)32-21(26-16)33(2,24,31)28-20(29)27-17-13-5-3-6-15(13)25-18-14(17)8-10-23(18)11-12-23/h30H,3-12H2,1-2H3,(H4,24,25,27,28,29,31). The van der Waals surface area contributed by atoms with E-state index in [2.05, 4.69) is 15.0 Å². The second-order valence-corrected chi connectivity index (χ2v) is 15.4. The lowest BCUT2D eigenvalue weighted by molar-refractivity contribution is 0.0422. The summed E-state index contributed by atoms with van der Waals surface area (Å²) in [5.41, 5.74) is 5.27. The summed E-state index contributed by atoms with van der Waals surface area (Å²) in [6.45, 7) is 1.74. The molecule has 6 rings (SSSR count). The van der Waals surface area contributed by atoms with E-state index in [9.17, 15) is 14.1 Å². The number of pyridine rings is 1. The second-order valence-electron chi connectivity index (χ2n) is 10.7. The minimum Gasteiger partial charge on any atom is -0.385 e. The first-order valence-corrected chi connectivity index (χ1v) is 15.0. The first-order chi connectivity index (χ1) is 15.5. The van der Waals surface area contributed by atoms with Crippen molar-refractivity contribution in [1.82, 2.24) is 14.7 Å². The van der Waals surface area contributed by atoms with Gasteiger partial charge >= 0.3 is 6.03 Å². The summed E-state index contributed by atoms with van der Waals surface area (Å²) in [5, 5.41) is 20.1. The molecule has 1 spiro atoms. The van der Waals surface area contributed by atoms with Gasteiger partial charge in [-0.15, -0.1) is 11.3 Å². The van der Waals surface area contributed by atoms with Crippen molar-refractivity contribution in [3.63, 3.8) is 0 Å². The number of carbonyl (C=O) groups excluding carboxylic acids is 1. The van der Waals surface area contributed by atoms with E-state index in [1.807, 2.05) is 0 Å². The van der Waals surface area contributed by atoms with Crippen LogP contribution in [0.3, 0.4) is 0 Å². The summed E-state index contributed by atoms with van der Waals surface area (Å²) in [4.78, 5) is 23.4. The van der Waals surface area contributed by atoms with Gasteiger partial charge in [0.15, 0.2) is 4.34 Å². The van der Waals surface area contributed by atoms with Gasteiger partial charge in [-0.05, 0) is 82.3 Å². The average Bonchev–Trinajstić information content (AvgIpc) is 3.06. The number of nitrogens with two attached hydrogens (primary N) is 1. The molecule has 4 aliphatic rings. The molecule has 0 aromatic carbocycles. The molecule has 2 aromatic rings. The maximum absolute atomic E-state index is 13.9. The minimum atomic E-state index is -4.27. The van der Waals surface area contributed by atoms with Crippen LogP contribution in [0.1, 0.15) is 78.5 Å². The molecule has 2 amide bonds. The smallest absolute Gasteiger partial charge is 0.330 e. The molecular formula is C23H31N5O3S2. The van der Waals surface area contributed by atoms with Crippen LogP contribution in [0.25, 0.3) is 0 Å². The fourth-order valence-electron chi connectivity index (χ4n) is 5.84. The molecule has 178 valence electrons. The fourth-order valence-corrected chi connectivity index (χ4v) is 8.90. The van der Waals surface area contributed by atoms with Crippen LogP contribution < -0.4 is 15.2 Å². The Kier molecular flexibility index (Phi) is 4.34. The van der Waals surface area contributed by atoms with Crippen molar-refractivity contribution in [2.75, 3.05) is 11.6 Å². The molecule has 5 N–H and O–H groups in total. The van der Waals surface area contributed by atoms with Gasteiger partial charge in [0.2, 0.25) is 0 Å². The molecule has 1 unspecified atom stereocenters. The minimum absolute atomic E-state index is 0.163. The number of fused-ring (bicyclic) bond motifs is 4. The Morgan fingerprint density at radius 3 is 2.55 bits per heavy atom. The average molecular weight is 490 g/mol. The maximum atomic E-state index is 13.9. The molecule has 0 bridgehead atoms. The molecule has 33 heavy (non-hydrogen) atoms. The number of aryl methyl sites for hydroxylation is 2. The van der Waals surface area contributed by atoms with Crippen molar-refractivity contribution in [1.29, 1.82) is 0 Å². The third kappa shape index (κ3) is 3.37. The van der Waals surface area contributed by atoms with Gasteiger partial charge in [0, 0.05) is 17.4 Å². The number of anilines is 1. The van der Waals surface area contributed by atoms with E-state index in [-0.39, 0.29) is 9.75 Å². The SMILES string of the molecule is CC1(O)CCCc2nc(S(C)(N)(=O)NC(=O)Nc3c4c(nc5c3CCC53CC3)CCC4)sc21. The highest BCUT2D eigenvalue weighted by Gasteiger charge is 2.51. The van der Waals surface area contributed by atoms with Crippen LogP contribution >= 0.6 is 11.3 Å². The van der Waals surface area contributed by atoms with Crippen LogP contribution in [0.4, 0.5) is 10.5 Å². The number of aliphatic hydroxyl groups is 1. The Bertz CT molecular complexity index is 1270. The zero-order valence-electron chi connectivity index (χ0n) is 19.1. The molecule has 4 aliphatic carbocycles. The van der Waals surface area contributed by atoms with Crippen LogP contribution in [0.2, 0.25) is 0 Å². The summed E-state index contributed by atoms with van der Waals surface area (Å²) in [5.74, 6) is 0. The quantitative estimate of drug-likeness (QED) is 0.527. The van der Waals surface area contributed by atoms with Gasteiger partial charge in [0.05, 0.1) is 37.0 Å². The molecule has 1 atom stereocenters. The molecular weight excluding hydrogens is 458 g/mol. The lowest BCUT2D eigenvalue weighted by atomic mass is 9.89. The summed E-state index contributed by atoms with van der Waals surface area (Å²) >= 11 is 1.14. The van der Waals surface area contributed by atoms with Gasteiger partial charge in [-0.1, -0.05) is 0 Å². The van der Waals surface area contributed by atoms with Gasteiger partial charge < -0.3 is 10.4 Å². The van der Waals surface area contributed by atoms with E-state index < -0.39 is 21.1 Å². The van der Waals surface area contributed by atoms with E-state index in [0.29, 0.717) is 17.7 Å². The molecule has 0 radical (unpaired) electrons. The highest BCUT2D eigenvalue weighted by molar-refractivity contribution is 8.17. The molecule has 0 aliphatic heterocycles. The number of nitrogens with zero attached hydrogens (tertiary/aromatic N) is 2.